The van der Waals surface area contributed by atoms with Crippen molar-refractivity contribution in [2.24, 2.45) is 0 Å². The fourth-order valence-corrected chi connectivity index (χ4v) is 3.82. The number of amides is 1. The van der Waals surface area contributed by atoms with Gasteiger partial charge in [0.25, 0.3) is 0 Å². The van der Waals surface area contributed by atoms with Crippen LogP contribution >= 0.6 is 11.8 Å². The molecular formula is C18H24N4OS. The lowest BCUT2D eigenvalue weighted by molar-refractivity contribution is -0.121. The van der Waals surface area contributed by atoms with Gasteiger partial charge in [0.15, 0.2) is 0 Å². The Bertz CT molecular complexity index is 652. The summed E-state index contributed by atoms with van der Waals surface area (Å²) >= 11 is 1.54. The molecule has 2 aromatic rings. The van der Waals surface area contributed by atoms with E-state index in [4.69, 9.17) is 0 Å². The fourth-order valence-electron chi connectivity index (χ4n) is 3.08. The monoisotopic (exact) mass is 344 g/mol. The van der Waals surface area contributed by atoms with Crippen LogP contribution in [0.2, 0.25) is 0 Å². The maximum absolute atomic E-state index is 12.1. The molecule has 1 atom stereocenters. The molecule has 1 aliphatic rings. The quantitative estimate of drug-likeness (QED) is 0.749. The summed E-state index contributed by atoms with van der Waals surface area (Å²) in [4.78, 5) is 16.6. The van der Waals surface area contributed by atoms with Crippen LogP contribution in [0.5, 0.6) is 0 Å². The van der Waals surface area contributed by atoms with Gasteiger partial charge in [-0.05, 0) is 25.3 Å². The van der Waals surface area contributed by atoms with Crippen molar-refractivity contribution < 1.29 is 4.79 Å². The van der Waals surface area contributed by atoms with Crippen LogP contribution in [-0.2, 0) is 4.79 Å². The predicted molar refractivity (Wildman–Crippen MR) is 95.9 cm³/mol. The van der Waals surface area contributed by atoms with Crippen LogP contribution in [0.1, 0.15) is 62.4 Å². The van der Waals surface area contributed by atoms with Crippen molar-refractivity contribution in [3.63, 3.8) is 0 Å². The van der Waals surface area contributed by atoms with E-state index in [0.29, 0.717) is 18.1 Å². The van der Waals surface area contributed by atoms with Gasteiger partial charge in [-0.1, -0.05) is 54.9 Å². The van der Waals surface area contributed by atoms with Crippen molar-refractivity contribution in [1.29, 1.82) is 0 Å². The Labute approximate surface area is 147 Å². The summed E-state index contributed by atoms with van der Waals surface area (Å²) in [5, 5.41) is 11.1. The molecule has 24 heavy (non-hydrogen) atoms. The topological polar surface area (TPSA) is 70.7 Å². The SMILES string of the molecule is C[C@@H](NC(=O)CCSc1n[nH]c(C2CCCC2)n1)c1ccccc1. The molecule has 0 bridgehead atoms. The number of benzene rings is 1. The van der Waals surface area contributed by atoms with E-state index in [0.717, 1.165) is 16.5 Å². The number of aromatic nitrogens is 3. The molecule has 1 fully saturated rings. The minimum Gasteiger partial charge on any atom is -0.350 e. The standard InChI is InChI=1S/C18H24N4OS/c1-13(14-7-3-2-4-8-14)19-16(23)11-12-24-18-20-17(21-22-18)15-9-5-6-10-15/h2-4,7-8,13,15H,5-6,9-12H2,1H3,(H,19,23)(H,20,21,22)/t13-/m1/s1. The van der Waals surface area contributed by atoms with E-state index in [1.165, 1.54) is 37.4 Å². The van der Waals surface area contributed by atoms with Crippen LogP contribution in [0.3, 0.4) is 0 Å². The Balaban J connectivity index is 1.40. The number of rotatable bonds is 7. The summed E-state index contributed by atoms with van der Waals surface area (Å²) in [6.07, 6.45) is 5.45. The zero-order valence-electron chi connectivity index (χ0n) is 14.0. The Morgan fingerprint density at radius 1 is 1.33 bits per heavy atom. The second-order valence-corrected chi connectivity index (χ2v) is 7.35. The number of nitrogens with zero attached hydrogens (tertiary/aromatic N) is 2. The predicted octanol–water partition coefficient (Wildman–Crippen LogP) is 3.82. The lowest BCUT2D eigenvalue weighted by atomic mass is 10.1. The molecule has 5 nitrogen and oxygen atoms in total. The van der Waals surface area contributed by atoms with Crippen molar-refractivity contribution in [2.75, 3.05) is 5.75 Å². The van der Waals surface area contributed by atoms with Gasteiger partial charge in [-0.15, -0.1) is 5.10 Å². The lowest BCUT2D eigenvalue weighted by Crippen LogP contribution is -2.26. The first-order valence-electron chi connectivity index (χ1n) is 8.62. The third kappa shape index (κ3) is 4.60. The Kier molecular flexibility index (Phi) is 5.91. The summed E-state index contributed by atoms with van der Waals surface area (Å²) in [6.45, 7) is 2.00. The van der Waals surface area contributed by atoms with Crippen LogP contribution in [0.15, 0.2) is 35.5 Å². The van der Waals surface area contributed by atoms with Gasteiger partial charge in [-0.3, -0.25) is 9.89 Å². The number of H-pyrrole nitrogens is 1. The van der Waals surface area contributed by atoms with Crippen molar-refractivity contribution in [2.45, 2.75) is 56.1 Å². The number of hydrogen-bond donors (Lipinski definition) is 2. The van der Waals surface area contributed by atoms with Gasteiger partial charge >= 0.3 is 0 Å². The zero-order valence-corrected chi connectivity index (χ0v) is 14.8. The second kappa shape index (κ2) is 8.33. The number of aromatic amines is 1. The van der Waals surface area contributed by atoms with E-state index in [2.05, 4.69) is 20.5 Å². The van der Waals surface area contributed by atoms with E-state index in [9.17, 15) is 4.79 Å². The first-order valence-corrected chi connectivity index (χ1v) is 9.60. The molecule has 0 spiro atoms. The third-order valence-electron chi connectivity index (χ3n) is 4.46. The number of carbonyl (C=O) groups excluding carboxylic acids is 1. The molecule has 128 valence electrons. The summed E-state index contributed by atoms with van der Waals surface area (Å²) in [7, 11) is 0. The minimum absolute atomic E-state index is 0.0289. The summed E-state index contributed by atoms with van der Waals surface area (Å²) in [5.41, 5.74) is 1.12. The first-order chi connectivity index (χ1) is 11.7. The van der Waals surface area contributed by atoms with Gasteiger partial charge in [0.2, 0.25) is 11.1 Å². The molecule has 1 saturated carbocycles. The van der Waals surface area contributed by atoms with E-state index in [1.807, 2.05) is 37.3 Å². The normalized spacial score (nSPS) is 16.2. The highest BCUT2D eigenvalue weighted by Crippen LogP contribution is 2.32. The summed E-state index contributed by atoms with van der Waals surface area (Å²) < 4.78 is 0. The molecule has 0 aliphatic heterocycles. The lowest BCUT2D eigenvalue weighted by Gasteiger charge is -2.13. The molecule has 1 amide bonds. The van der Waals surface area contributed by atoms with Gasteiger partial charge in [0, 0.05) is 18.1 Å². The second-order valence-electron chi connectivity index (χ2n) is 6.28. The molecule has 1 aromatic heterocycles. The molecule has 1 aromatic carbocycles. The number of thioether (sulfide) groups is 1. The zero-order chi connectivity index (χ0) is 16.8. The molecule has 0 saturated heterocycles. The molecule has 6 heteroatoms. The van der Waals surface area contributed by atoms with Crippen molar-refractivity contribution in [3.05, 3.63) is 41.7 Å². The van der Waals surface area contributed by atoms with E-state index < -0.39 is 0 Å². The smallest absolute Gasteiger partial charge is 0.221 e. The molecule has 0 radical (unpaired) electrons. The Hall–Kier alpha value is -1.82. The van der Waals surface area contributed by atoms with Gasteiger partial charge in [0.1, 0.15) is 5.82 Å². The molecule has 3 rings (SSSR count). The van der Waals surface area contributed by atoms with E-state index in [-0.39, 0.29) is 11.9 Å². The highest BCUT2D eigenvalue weighted by Gasteiger charge is 2.20. The van der Waals surface area contributed by atoms with Gasteiger partial charge in [-0.2, -0.15) is 0 Å². The van der Waals surface area contributed by atoms with Crippen LogP contribution in [0.4, 0.5) is 0 Å². The average Bonchev–Trinajstić information content (AvgIpc) is 3.27. The maximum atomic E-state index is 12.1. The van der Waals surface area contributed by atoms with E-state index >= 15 is 0 Å². The molecule has 1 aliphatic carbocycles. The highest BCUT2D eigenvalue weighted by molar-refractivity contribution is 7.99. The number of nitrogens with one attached hydrogen (secondary N) is 2. The van der Waals surface area contributed by atoms with Crippen LogP contribution in [0, 0.1) is 0 Å². The molecule has 1 heterocycles. The Morgan fingerprint density at radius 2 is 2.08 bits per heavy atom. The van der Waals surface area contributed by atoms with Crippen molar-refractivity contribution >= 4 is 17.7 Å². The van der Waals surface area contributed by atoms with Crippen LogP contribution in [-0.4, -0.2) is 26.8 Å². The molecule has 0 unspecified atom stereocenters. The Morgan fingerprint density at radius 3 is 2.83 bits per heavy atom. The third-order valence-corrected chi connectivity index (χ3v) is 5.31. The van der Waals surface area contributed by atoms with Crippen LogP contribution in [0.25, 0.3) is 0 Å². The summed E-state index contributed by atoms with van der Waals surface area (Å²) in [6, 6.07) is 10.0. The molecule has 2 N–H and O–H groups in total. The van der Waals surface area contributed by atoms with Gasteiger partial charge < -0.3 is 5.32 Å². The van der Waals surface area contributed by atoms with Gasteiger partial charge in [0.05, 0.1) is 6.04 Å². The average molecular weight is 344 g/mol. The van der Waals surface area contributed by atoms with Crippen molar-refractivity contribution in [3.8, 4) is 0 Å². The van der Waals surface area contributed by atoms with Crippen molar-refractivity contribution in [1.82, 2.24) is 20.5 Å². The number of carbonyl (C=O) groups is 1. The van der Waals surface area contributed by atoms with E-state index in [1.54, 1.807) is 0 Å². The number of hydrogen-bond acceptors (Lipinski definition) is 4. The van der Waals surface area contributed by atoms with Gasteiger partial charge in [-0.25, -0.2) is 4.98 Å². The minimum atomic E-state index is 0.0289. The summed E-state index contributed by atoms with van der Waals surface area (Å²) in [5.74, 6) is 2.30. The highest BCUT2D eigenvalue weighted by atomic mass is 32.2. The largest absolute Gasteiger partial charge is 0.350 e. The van der Waals surface area contributed by atoms with Crippen LogP contribution < -0.4 is 5.32 Å². The fraction of sp³-hybridized carbons (Fsp3) is 0.500. The maximum Gasteiger partial charge on any atom is 0.221 e. The first kappa shape index (κ1) is 17.0. The molecular weight excluding hydrogens is 320 g/mol.